The van der Waals surface area contributed by atoms with E-state index in [-0.39, 0.29) is 29.8 Å². The monoisotopic (exact) mass is 388 g/mol. The largest absolute Gasteiger partial charge is 0.497 e. The highest BCUT2D eigenvalue weighted by molar-refractivity contribution is 7.91. The Hall–Kier alpha value is -2.41. The van der Waals surface area contributed by atoms with Gasteiger partial charge in [-0.05, 0) is 53.3 Å². The van der Waals surface area contributed by atoms with E-state index in [0.29, 0.717) is 12.8 Å². The number of hydrogen-bond acceptors (Lipinski definition) is 5. The van der Waals surface area contributed by atoms with Crippen LogP contribution in [0.4, 0.5) is 0 Å². The van der Waals surface area contributed by atoms with Crippen LogP contribution in [0, 0.1) is 5.92 Å². The summed E-state index contributed by atoms with van der Waals surface area (Å²) in [6.07, 6.45) is 1.41. The number of methoxy groups -OCH3 is 1. The second kappa shape index (κ2) is 8.08. The number of hydrogen-bond donors (Lipinski definition) is 1. The number of nitrogens with zero attached hydrogens (tertiary/aromatic N) is 1. The summed E-state index contributed by atoms with van der Waals surface area (Å²) in [5.41, 5.74) is 4.31. The summed E-state index contributed by atoms with van der Waals surface area (Å²) < 4.78 is 28.2. The van der Waals surface area contributed by atoms with Gasteiger partial charge in [0.1, 0.15) is 5.75 Å². The second-order valence-electron chi connectivity index (χ2n) is 6.85. The summed E-state index contributed by atoms with van der Waals surface area (Å²) in [7, 11) is -1.33. The molecule has 0 aromatic heterocycles. The van der Waals surface area contributed by atoms with E-state index in [4.69, 9.17) is 4.74 Å². The highest BCUT2D eigenvalue weighted by Crippen LogP contribution is 2.23. The van der Waals surface area contributed by atoms with Crippen LogP contribution in [0.3, 0.4) is 0 Å². The molecule has 144 valence electrons. The van der Waals surface area contributed by atoms with Crippen molar-refractivity contribution in [2.45, 2.75) is 26.2 Å². The van der Waals surface area contributed by atoms with Crippen molar-refractivity contribution < 1.29 is 17.9 Å². The summed E-state index contributed by atoms with van der Waals surface area (Å²) in [6, 6.07) is 11.9. The van der Waals surface area contributed by atoms with Crippen molar-refractivity contribution >= 4 is 32.2 Å². The summed E-state index contributed by atoms with van der Waals surface area (Å²) in [4.78, 5) is 12.1. The third-order valence-corrected chi connectivity index (χ3v) is 6.67. The Morgan fingerprint density at radius 1 is 1.22 bits per heavy atom. The number of benzene rings is 2. The highest BCUT2D eigenvalue weighted by atomic mass is 32.2. The molecule has 0 saturated carbocycles. The number of hydrazone groups is 1. The normalized spacial score (nSPS) is 19.2. The van der Waals surface area contributed by atoms with Gasteiger partial charge < -0.3 is 4.74 Å². The molecule has 1 N–H and O–H groups in total. The van der Waals surface area contributed by atoms with Gasteiger partial charge in [-0.3, -0.25) is 4.79 Å². The lowest BCUT2D eigenvalue weighted by molar-refractivity contribution is -0.121. The van der Waals surface area contributed by atoms with Gasteiger partial charge in [0.15, 0.2) is 9.84 Å². The molecule has 0 radical (unpaired) electrons. The molecule has 2 aromatic carbocycles. The fraction of sp³-hybridized carbons (Fsp3) is 0.400. The van der Waals surface area contributed by atoms with Crippen LogP contribution in [-0.4, -0.2) is 38.7 Å². The smallest absolute Gasteiger partial charge is 0.240 e. The standard InChI is InChI=1S/C20H24N2O4S/c1-3-19(21-22-20(23)10-14-8-9-27(24,25)13-14)17-5-4-16-12-18(26-2)7-6-15(16)11-17/h4-7,11-12,14H,3,8-10,13H2,1-2H3,(H,22,23)/b21-19-/t14-/m1/s1. The molecule has 1 fully saturated rings. The Morgan fingerprint density at radius 2 is 1.96 bits per heavy atom. The summed E-state index contributed by atoms with van der Waals surface area (Å²) in [6.45, 7) is 1.98. The van der Waals surface area contributed by atoms with Crippen LogP contribution in [0.25, 0.3) is 10.8 Å². The molecule has 0 spiro atoms. The van der Waals surface area contributed by atoms with Crippen molar-refractivity contribution in [3.8, 4) is 5.75 Å². The van der Waals surface area contributed by atoms with Crippen molar-refractivity contribution in [3.05, 3.63) is 42.0 Å². The van der Waals surface area contributed by atoms with Crippen LogP contribution in [0.5, 0.6) is 5.75 Å². The van der Waals surface area contributed by atoms with E-state index < -0.39 is 9.84 Å². The second-order valence-corrected chi connectivity index (χ2v) is 9.08. The number of nitrogens with one attached hydrogen (secondary N) is 1. The van der Waals surface area contributed by atoms with Crippen molar-refractivity contribution in [3.63, 3.8) is 0 Å². The Labute approximate surface area is 159 Å². The molecule has 7 heteroatoms. The van der Waals surface area contributed by atoms with E-state index in [9.17, 15) is 13.2 Å². The zero-order valence-electron chi connectivity index (χ0n) is 15.6. The molecule has 1 amide bonds. The van der Waals surface area contributed by atoms with Crippen LogP contribution >= 0.6 is 0 Å². The van der Waals surface area contributed by atoms with Gasteiger partial charge in [0.25, 0.3) is 0 Å². The molecule has 3 rings (SSSR count). The Kier molecular flexibility index (Phi) is 5.79. The first-order valence-electron chi connectivity index (χ1n) is 9.04. The van der Waals surface area contributed by atoms with E-state index in [0.717, 1.165) is 27.8 Å². The molecule has 2 aromatic rings. The number of rotatable bonds is 6. The molecule has 1 heterocycles. The van der Waals surface area contributed by atoms with Gasteiger partial charge in [0.2, 0.25) is 5.91 Å². The summed E-state index contributed by atoms with van der Waals surface area (Å²) in [5, 5.41) is 6.41. The lowest BCUT2D eigenvalue weighted by atomic mass is 10.0. The Morgan fingerprint density at radius 3 is 2.63 bits per heavy atom. The maximum Gasteiger partial charge on any atom is 0.240 e. The number of fused-ring (bicyclic) bond motifs is 1. The number of sulfone groups is 1. The van der Waals surface area contributed by atoms with Gasteiger partial charge in [-0.1, -0.05) is 25.1 Å². The van der Waals surface area contributed by atoms with E-state index in [1.54, 1.807) is 7.11 Å². The summed E-state index contributed by atoms with van der Waals surface area (Å²) in [5.74, 6) is 0.732. The molecule has 1 saturated heterocycles. The third-order valence-electron chi connectivity index (χ3n) is 4.83. The molecule has 1 atom stereocenters. The van der Waals surface area contributed by atoms with Crippen LogP contribution in [0.1, 0.15) is 31.7 Å². The minimum absolute atomic E-state index is 0.0961. The van der Waals surface area contributed by atoms with Gasteiger partial charge >= 0.3 is 0 Å². The van der Waals surface area contributed by atoms with Crippen LogP contribution < -0.4 is 10.2 Å². The van der Waals surface area contributed by atoms with Gasteiger partial charge in [-0.25, -0.2) is 13.8 Å². The Balaban J connectivity index is 1.70. The van der Waals surface area contributed by atoms with Crippen LogP contribution in [0.15, 0.2) is 41.5 Å². The van der Waals surface area contributed by atoms with E-state index in [2.05, 4.69) is 10.5 Å². The molecular weight excluding hydrogens is 364 g/mol. The number of carbonyl (C=O) groups is 1. The van der Waals surface area contributed by atoms with Gasteiger partial charge in [-0.15, -0.1) is 0 Å². The lowest BCUT2D eigenvalue weighted by Crippen LogP contribution is -2.23. The topological polar surface area (TPSA) is 84.8 Å². The van der Waals surface area contributed by atoms with Crippen molar-refractivity contribution in [2.24, 2.45) is 11.0 Å². The van der Waals surface area contributed by atoms with Crippen molar-refractivity contribution in [1.29, 1.82) is 0 Å². The average Bonchev–Trinajstić information content (AvgIpc) is 2.99. The first-order valence-corrected chi connectivity index (χ1v) is 10.9. The summed E-state index contributed by atoms with van der Waals surface area (Å²) >= 11 is 0. The molecule has 27 heavy (non-hydrogen) atoms. The predicted molar refractivity (Wildman–Crippen MR) is 107 cm³/mol. The van der Waals surface area contributed by atoms with Crippen molar-refractivity contribution in [2.75, 3.05) is 18.6 Å². The predicted octanol–water partition coefficient (Wildman–Crippen LogP) is 2.90. The highest BCUT2D eigenvalue weighted by Gasteiger charge is 2.29. The van der Waals surface area contributed by atoms with Crippen LogP contribution in [-0.2, 0) is 14.6 Å². The van der Waals surface area contributed by atoms with Gasteiger partial charge in [-0.2, -0.15) is 5.10 Å². The first-order chi connectivity index (χ1) is 12.9. The van der Waals surface area contributed by atoms with Crippen molar-refractivity contribution in [1.82, 2.24) is 5.43 Å². The van der Waals surface area contributed by atoms with E-state index in [1.165, 1.54) is 0 Å². The fourth-order valence-corrected chi connectivity index (χ4v) is 5.21. The minimum atomic E-state index is -2.97. The molecule has 6 nitrogen and oxygen atoms in total. The number of carbonyl (C=O) groups excluding carboxylic acids is 1. The minimum Gasteiger partial charge on any atom is -0.497 e. The van der Waals surface area contributed by atoms with Crippen LogP contribution in [0.2, 0.25) is 0 Å². The van der Waals surface area contributed by atoms with E-state index >= 15 is 0 Å². The van der Waals surface area contributed by atoms with Gasteiger partial charge in [0, 0.05) is 6.42 Å². The zero-order chi connectivity index (χ0) is 19.4. The third kappa shape index (κ3) is 4.86. The maximum absolute atomic E-state index is 12.1. The molecule has 0 unspecified atom stereocenters. The zero-order valence-corrected chi connectivity index (χ0v) is 16.4. The molecule has 1 aliphatic rings. The average molecular weight is 388 g/mol. The maximum atomic E-state index is 12.1. The lowest BCUT2D eigenvalue weighted by Gasteiger charge is -2.09. The molecule has 0 bridgehead atoms. The quantitative estimate of drug-likeness (QED) is 0.609. The molecular formula is C20H24N2O4S. The molecule has 1 aliphatic heterocycles. The number of ether oxygens (including phenoxy) is 1. The number of amides is 1. The van der Waals surface area contributed by atoms with Gasteiger partial charge in [0.05, 0.1) is 24.3 Å². The first kappa shape index (κ1) is 19.4. The van der Waals surface area contributed by atoms with E-state index in [1.807, 2.05) is 43.3 Å². The SMILES string of the molecule is CC/C(=N/NC(=O)C[C@H]1CCS(=O)(=O)C1)c1ccc2cc(OC)ccc2c1. The molecule has 0 aliphatic carbocycles. The Bertz CT molecular complexity index is 983. The fourth-order valence-electron chi connectivity index (χ4n) is 3.35.